The molecule has 1 rings (SSSR count). The topological polar surface area (TPSA) is 52.3 Å². The molecule has 0 aliphatic heterocycles. The maximum absolute atomic E-state index is 10.8. The van der Waals surface area contributed by atoms with E-state index in [1.165, 1.54) is 6.92 Å². The lowest BCUT2D eigenvalue weighted by atomic mass is 9.64. The fourth-order valence-corrected chi connectivity index (χ4v) is 2.82. The Morgan fingerprint density at radius 2 is 2.00 bits per heavy atom. The van der Waals surface area contributed by atoms with E-state index >= 15 is 0 Å². The quantitative estimate of drug-likeness (QED) is 0.465. The average Bonchev–Trinajstić information content (AvgIpc) is 2.26. The molecule has 0 aromatic carbocycles. The van der Waals surface area contributed by atoms with Crippen LogP contribution in [0.25, 0.3) is 0 Å². The van der Waals surface area contributed by atoms with Gasteiger partial charge < -0.3 is 4.74 Å². The predicted molar refractivity (Wildman–Crippen MR) is 75.1 cm³/mol. The molecule has 1 aliphatic carbocycles. The van der Waals surface area contributed by atoms with Crippen LogP contribution >= 0.6 is 24.4 Å². The van der Waals surface area contributed by atoms with Gasteiger partial charge in [-0.1, -0.05) is 20.8 Å². The highest BCUT2D eigenvalue weighted by molar-refractivity contribution is 7.77. The van der Waals surface area contributed by atoms with Crippen molar-refractivity contribution in [2.45, 2.75) is 45.9 Å². The number of halogens is 1. The molecule has 0 aromatic rings. The molecule has 102 valence electrons. The van der Waals surface area contributed by atoms with Crippen molar-refractivity contribution in [3.63, 3.8) is 0 Å². The second kappa shape index (κ2) is 7.49. The summed E-state index contributed by atoms with van der Waals surface area (Å²) in [6, 6.07) is 0. The third-order valence-corrected chi connectivity index (χ3v) is 4.57. The summed E-state index contributed by atoms with van der Waals surface area (Å²) < 4.78 is 5.14. The summed E-state index contributed by atoms with van der Waals surface area (Å²) in [5.74, 6) is 0.752. The zero-order valence-corrected chi connectivity index (χ0v) is 12.7. The van der Waals surface area contributed by atoms with Crippen molar-refractivity contribution in [3.8, 4) is 0 Å². The minimum absolute atomic E-state index is 0.0503. The summed E-state index contributed by atoms with van der Waals surface area (Å²) in [7, 11) is 0. The van der Waals surface area contributed by atoms with Gasteiger partial charge in [0.25, 0.3) is 0 Å². The van der Waals surface area contributed by atoms with Crippen molar-refractivity contribution < 1.29 is 9.53 Å². The fourth-order valence-electron chi connectivity index (χ4n) is 2.53. The van der Waals surface area contributed by atoms with E-state index in [1.54, 1.807) is 0 Å². The van der Waals surface area contributed by atoms with Crippen molar-refractivity contribution in [2.24, 2.45) is 22.4 Å². The van der Waals surface area contributed by atoms with E-state index in [0.717, 1.165) is 12.8 Å². The number of hydrogen-bond acceptors (Lipinski definition) is 4. The monoisotopic (exact) mass is 281 g/mol. The van der Waals surface area contributed by atoms with E-state index in [9.17, 15) is 4.79 Å². The predicted octanol–water partition coefficient (Wildman–Crippen LogP) is 3.02. The van der Waals surface area contributed by atoms with Gasteiger partial charge in [0.1, 0.15) is 0 Å². The van der Waals surface area contributed by atoms with E-state index < -0.39 is 0 Å². The van der Waals surface area contributed by atoms with Crippen molar-refractivity contribution in [2.75, 3.05) is 6.61 Å². The van der Waals surface area contributed by atoms with E-state index in [0.29, 0.717) is 18.4 Å². The van der Waals surface area contributed by atoms with Gasteiger partial charge in [0.05, 0.1) is 6.61 Å². The largest absolute Gasteiger partial charge is 0.466 e. The molecule has 0 spiro atoms. The molecule has 0 bridgehead atoms. The maximum Gasteiger partial charge on any atom is 0.302 e. The Kier molecular flexibility index (Phi) is 7.52. The Labute approximate surface area is 115 Å². The minimum Gasteiger partial charge on any atom is -0.466 e. The molecule has 0 heterocycles. The minimum atomic E-state index is -0.199. The van der Waals surface area contributed by atoms with Crippen molar-refractivity contribution in [1.82, 2.24) is 0 Å². The molecule has 3 atom stereocenters. The third kappa shape index (κ3) is 4.68. The number of carbonyl (C=O) groups is 1. The number of ether oxygens (including phenoxy) is 1. The molecule has 0 amide bonds. The first-order valence-corrected chi connectivity index (χ1v) is 6.84. The lowest BCUT2D eigenvalue weighted by Crippen LogP contribution is -2.44. The van der Waals surface area contributed by atoms with Gasteiger partial charge in [-0.3, -0.25) is 9.93 Å². The summed E-state index contributed by atoms with van der Waals surface area (Å²) in [5.41, 5.74) is 0.0503. The summed E-state index contributed by atoms with van der Waals surface area (Å²) in [4.78, 5) is 10.8. The highest BCUT2D eigenvalue weighted by Gasteiger charge is 2.43. The number of rotatable bonds is 2. The lowest BCUT2D eigenvalue weighted by molar-refractivity contribution is -0.145. The number of alkyl halides is 1. The average molecular weight is 282 g/mol. The molecule has 5 heteroatoms. The second-order valence-electron chi connectivity index (χ2n) is 5.25. The summed E-state index contributed by atoms with van der Waals surface area (Å²) in [6.45, 7) is 8.53. The standard InChI is InChI=1S/C12H21ClO2.H3NS/c1-8-5-6-11(13)12(3,4)10(8)7-15-9(2)14;1-2/h8,10-11H,5-7H2,1-4H3;2H,1H2. The number of thiol groups is 1. The first-order valence-electron chi connectivity index (χ1n) is 5.89. The summed E-state index contributed by atoms with van der Waals surface area (Å²) in [6.07, 6.45) is 2.19. The normalized spacial score (nSPS) is 31.1. The van der Waals surface area contributed by atoms with Crippen LogP contribution in [0.2, 0.25) is 0 Å². The van der Waals surface area contributed by atoms with Crippen LogP contribution in [0, 0.1) is 17.3 Å². The van der Waals surface area contributed by atoms with Gasteiger partial charge in [-0.15, -0.1) is 24.4 Å². The lowest BCUT2D eigenvalue weighted by Gasteiger charge is -2.45. The SMILES string of the molecule is CC(=O)OCC1C(C)CCC(Cl)C1(C)C.NS. The van der Waals surface area contributed by atoms with Gasteiger partial charge in [-0.25, -0.2) is 0 Å². The Bertz CT molecular complexity index is 249. The Hall–Kier alpha value is 0.0700. The van der Waals surface area contributed by atoms with Gasteiger partial charge in [0.2, 0.25) is 0 Å². The first-order chi connectivity index (χ1) is 7.85. The Morgan fingerprint density at radius 1 is 1.47 bits per heavy atom. The molecule has 0 radical (unpaired) electrons. The number of nitrogens with two attached hydrogens (primary N) is 1. The van der Waals surface area contributed by atoms with Crippen LogP contribution in [-0.4, -0.2) is 18.0 Å². The van der Waals surface area contributed by atoms with Crippen LogP contribution in [0.3, 0.4) is 0 Å². The van der Waals surface area contributed by atoms with Crippen LogP contribution in [0.1, 0.15) is 40.5 Å². The van der Waals surface area contributed by atoms with E-state index in [4.69, 9.17) is 16.3 Å². The summed E-state index contributed by atoms with van der Waals surface area (Å²) >= 11 is 9.37. The molecule has 2 N–H and O–H groups in total. The fraction of sp³-hybridized carbons (Fsp3) is 0.917. The van der Waals surface area contributed by atoms with E-state index in [-0.39, 0.29) is 16.8 Å². The number of hydrogen-bond donors (Lipinski definition) is 2. The van der Waals surface area contributed by atoms with Crippen LogP contribution in [0.5, 0.6) is 0 Å². The molecule has 1 fully saturated rings. The molecule has 1 aliphatic rings. The first kappa shape index (κ1) is 17.1. The van der Waals surface area contributed by atoms with Gasteiger partial charge in [0.15, 0.2) is 0 Å². The Balaban J connectivity index is 0.00000121. The molecule has 1 saturated carbocycles. The van der Waals surface area contributed by atoms with Gasteiger partial charge >= 0.3 is 5.97 Å². The van der Waals surface area contributed by atoms with Crippen LogP contribution in [0.15, 0.2) is 0 Å². The molecule has 0 aromatic heterocycles. The highest BCUT2D eigenvalue weighted by Crippen LogP contribution is 2.46. The molecule has 17 heavy (non-hydrogen) atoms. The van der Waals surface area contributed by atoms with Crippen molar-refractivity contribution >= 4 is 30.4 Å². The third-order valence-electron chi connectivity index (χ3n) is 3.79. The zero-order chi connectivity index (χ0) is 13.6. The molecular formula is C12H24ClNO2S. The van der Waals surface area contributed by atoms with Gasteiger partial charge in [0, 0.05) is 18.2 Å². The van der Waals surface area contributed by atoms with E-state index in [2.05, 4.69) is 38.7 Å². The molecule has 3 unspecified atom stereocenters. The van der Waals surface area contributed by atoms with Crippen LogP contribution in [-0.2, 0) is 9.53 Å². The highest BCUT2D eigenvalue weighted by atomic mass is 35.5. The maximum atomic E-state index is 10.8. The van der Waals surface area contributed by atoms with Crippen molar-refractivity contribution in [1.29, 1.82) is 0 Å². The summed E-state index contributed by atoms with van der Waals surface area (Å²) in [5, 5.41) is 4.38. The zero-order valence-electron chi connectivity index (χ0n) is 11.1. The van der Waals surface area contributed by atoms with Crippen LogP contribution < -0.4 is 5.14 Å². The van der Waals surface area contributed by atoms with Crippen LogP contribution in [0.4, 0.5) is 0 Å². The number of esters is 1. The molecule has 0 saturated heterocycles. The van der Waals surface area contributed by atoms with E-state index in [1.807, 2.05) is 0 Å². The molecular weight excluding hydrogens is 258 g/mol. The van der Waals surface area contributed by atoms with Crippen molar-refractivity contribution in [3.05, 3.63) is 0 Å². The molecule has 3 nitrogen and oxygen atoms in total. The number of carbonyl (C=O) groups excluding carboxylic acids is 1. The Morgan fingerprint density at radius 3 is 2.47 bits per heavy atom. The second-order valence-corrected chi connectivity index (χ2v) is 5.78. The smallest absolute Gasteiger partial charge is 0.302 e. The van der Waals surface area contributed by atoms with Gasteiger partial charge in [-0.05, 0) is 24.2 Å². The van der Waals surface area contributed by atoms with Gasteiger partial charge in [-0.2, -0.15) is 0 Å².